The monoisotopic (exact) mass is 321 g/mol. The van der Waals surface area contributed by atoms with Crippen molar-refractivity contribution in [3.8, 4) is 11.6 Å². The largest absolute Gasteiger partial charge is 0.490 e. The molecule has 0 aliphatic carbocycles. The Morgan fingerprint density at radius 2 is 2.08 bits per heavy atom. The summed E-state index contributed by atoms with van der Waals surface area (Å²) in [7, 11) is 1.99. The van der Waals surface area contributed by atoms with Crippen LogP contribution in [0.1, 0.15) is 5.56 Å². The van der Waals surface area contributed by atoms with Crippen LogP contribution in [0.2, 0.25) is 0 Å². The summed E-state index contributed by atoms with van der Waals surface area (Å²) >= 11 is 0. The van der Waals surface area contributed by atoms with Crippen LogP contribution in [0.3, 0.4) is 0 Å². The first-order valence-corrected chi connectivity index (χ1v) is 7.62. The van der Waals surface area contributed by atoms with Crippen molar-refractivity contribution in [1.82, 2.24) is 19.7 Å². The van der Waals surface area contributed by atoms with Crippen molar-refractivity contribution in [3.63, 3.8) is 0 Å². The molecule has 0 saturated carbocycles. The van der Waals surface area contributed by atoms with Crippen LogP contribution in [0.15, 0.2) is 67.8 Å². The van der Waals surface area contributed by atoms with E-state index in [0.29, 0.717) is 12.4 Å². The van der Waals surface area contributed by atoms with Gasteiger partial charge in [0.2, 0.25) is 0 Å². The molecule has 3 aromatic rings. The van der Waals surface area contributed by atoms with Crippen LogP contribution in [-0.4, -0.2) is 33.4 Å². The minimum Gasteiger partial charge on any atom is -0.490 e. The van der Waals surface area contributed by atoms with E-state index in [2.05, 4.69) is 21.6 Å². The van der Waals surface area contributed by atoms with Gasteiger partial charge in [0.1, 0.15) is 18.2 Å². The Kier molecular flexibility index (Phi) is 4.86. The van der Waals surface area contributed by atoms with Crippen molar-refractivity contribution in [2.24, 2.45) is 0 Å². The van der Waals surface area contributed by atoms with E-state index in [1.807, 2.05) is 48.5 Å². The van der Waals surface area contributed by atoms with E-state index in [1.54, 1.807) is 29.3 Å². The second-order valence-electron chi connectivity index (χ2n) is 5.29. The number of rotatable bonds is 7. The molecule has 24 heavy (non-hydrogen) atoms. The molecule has 3 rings (SSSR count). The average Bonchev–Trinajstić information content (AvgIpc) is 3.16. The first kappa shape index (κ1) is 15.7. The highest BCUT2D eigenvalue weighted by atomic mass is 16.5. The lowest BCUT2D eigenvalue weighted by atomic mass is 10.2. The number of ether oxygens (including phenoxy) is 1. The molecule has 0 unspecified atom stereocenters. The molecule has 6 nitrogen and oxygen atoms in total. The fraction of sp³-hybridized carbons (Fsp3) is 0.167. The van der Waals surface area contributed by atoms with Gasteiger partial charge >= 0.3 is 0 Å². The number of benzene rings is 1. The molecule has 0 amide bonds. The lowest BCUT2D eigenvalue weighted by molar-refractivity contribution is 0.363. The molecule has 1 aromatic carbocycles. The zero-order valence-electron chi connectivity index (χ0n) is 13.5. The summed E-state index contributed by atoms with van der Waals surface area (Å²) in [5, 5.41) is 4.18. The van der Waals surface area contributed by atoms with Crippen LogP contribution in [0.5, 0.6) is 5.75 Å². The average molecular weight is 321 g/mol. The second-order valence-corrected chi connectivity index (χ2v) is 5.29. The lowest BCUT2D eigenvalue weighted by Crippen LogP contribution is -2.18. The van der Waals surface area contributed by atoms with Crippen LogP contribution in [-0.2, 0) is 6.54 Å². The van der Waals surface area contributed by atoms with Crippen molar-refractivity contribution in [2.75, 3.05) is 18.6 Å². The third-order valence-corrected chi connectivity index (χ3v) is 3.45. The number of anilines is 1. The predicted octanol–water partition coefficient (Wildman–Crippen LogP) is 2.86. The first-order chi connectivity index (χ1) is 11.8. The topological polar surface area (TPSA) is 56.1 Å². The Morgan fingerprint density at radius 3 is 2.79 bits per heavy atom. The predicted molar refractivity (Wildman–Crippen MR) is 93.4 cm³/mol. The number of aromatic nitrogens is 4. The van der Waals surface area contributed by atoms with Crippen molar-refractivity contribution < 1.29 is 4.74 Å². The molecule has 6 heteroatoms. The summed E-state index contributed by atoms with van der Waals surface area (Å²) < 4.78 is 7.18. The highest BCUT2D eigenvalue weighted by Gasteiger charge is 2.07. The summed E-state index contributed by atoms with van der Waals surface area (Å²) in [6, 6.07) is 9.85. The van der Waals surface area contributed by atoms with Gasteiger partial charge in [-0.05, 0) is 23.8 Å². The van der Waals surface area contributed by atoms with E-state index >= 15 is 0 Å². The third-order valence-electron chi connectivity index (χ3n) is 3.45. The van der Waals surface area contributed by atoms with Crippen molar-refractivity contribution in [1.29, 1.82) is 0 Å². The highest BCUT2D eigenvalue weighted by Crippen LogP contribution is 2.16. The molecular formula is C18H19N5O. The normalized spacial score (nSPS) is 10.4. The summed E-state index contributed by atoms with van der Waals surface area (Å²) in [5.74, 6) is 2.31. The molecule has 0 N–H and O–H groups in total. The lowest BCUT2D eigenvalue weighted by Gasteiger charge is -2.18. The van der Waals surface area contributed by atoms with E-state index in [4.69, 9.17) is 4.74 Å². The van der Waals surface area contributed by atoms with Crippen LogP contribution in [0, 0.1) is 0 Å². The highest BCUT2D eigenvalue weighted by molar-refractivity contribution is 5.40. The zero-order chi connectivity index (χ0) is 16.8. The maximum Gasteiger partial charge on any atom is 0.173 e. The Labute approximate surface area is 141 Å². The molecule has 0 atom stereocenters. The van der Waals surface area contributed by atoms with E-state index < -0.39 is 0 Å². The first-order valence-electron chi connectivity index (χ1n) is 7.62. The fourth-order valence-corrected chi connectivity index (χ4v) is 2.25. The van der Waals surface area contributed by atoms with Crippen molar-refractivity contribution in [2.45, 2.75) is 6.54 Å². The third kappa shape index (κ3) is 3.78. The van der Waals surface area contributed by atoms with Crippen molar-refractivity contribution in [3.05, 3.63) is 73.3 Å². The maximum absolute atomic E-state index is 5.49. The van der Waals surface area contributed by atoms with Crippen LogP contribution < -0.4 is 9.64 Å². The van der Waals surface area contributed by atoms with Gasteiger partial charge in [-0.15, -0.1) is 0 Å². The molecule has 0 fully saturated rings. The standard InChI is InChI=1S/C18H19N5O/c1-3-11-24-16-7-5-15(6-8-16)14-22(2)17-12-19-13-18(21-17)23-10-4-9-20-23/h3-10,12-13H,1,11,14H2,2H3. The fourth-order valence-electron chi connectivity index (χ4n) is 2.25. The SMILES string of the molecule is C=CCOc1ccc(CN(C)c2cncc(-n3cccn3)n2)cc1. The molecule has 0 saturated heterocycles. The summed E-state index contributed by atoms with van der Waals surface area (Å²) in [4.78, 5) is 10.9. The molecule has 2 heterocycles. The van der Waals surface area contributed by atoms with Gasteiger partial charge in [-0.25, -0.2) is 9.67 Å². The minimum absolute atomic E-state index is 0.509. The Balaban J connectivity index is 1.69. The van der Waals surface area contributed by atoms with Crippen molar-refractivity contribution >= 4 is 5.82 Å². The van der Waals surface area contributed by atoms with Gasteiger partial charge in [-0.2, -0.15) is 5.10 Å². The van der Waals surface area contributed by atoms with Crippen LogP contribution in [0.4, 0.5) is 5.82 Å². The molecule has 0 bridgehead atoms. The second kappa shape index (κ2) is 7.41. The van der Waals surface area contributed by atoms with Gasteiger partial charge in [-0.3, -0.25) is 4.98 Å². The quantitative estimate of drug-likeness (QED) is 0.626. The smallest absolute Gasteiger partial charge is 0.173 e. The molecule has 2 aromatic heterocycles. The molecule has 0 radical (unpaired) electrons. The van der Waals surface area contributed by atoms with E-state index in [1.165, 1.54) is 0 Å². The van der Waals surface area contributed by atoms with E-state index in [0.717, 1.165) is 23.7 Å². The summed E-state index contributed by atoms with van der Waals surface area (Å²) in [6.45, 7) is 4.87. The Morgan fingerprint density at radius 1 is 1.25 bits per heavy atom. The molecule has 0 spiro atoms. The molecule has 0 aliphatic heterocycles. The van der Waals surface area contributed by atoms with Gasteiger partial charge in [0.05, 0.1) is 12.4 Å². The van der Waals surface area contributed by atoms with Gasteiger partial charge in [0.25, 0.3) is 0 Å². The maximum atomic E-state index is 5.49. The van der Waals surface area contributed by atoms with Gasteiger partial charge in [-0.1, -0.05) is 24.8 Å². The number of nitrogens with zero attached hydrogens (tertiary/aromatic N) is 5. The molecule has 122 valence electrons. The number of hydrogen-bond donors (Lipinski definition) is 0. The van der Waals surface area contributed by atoms with Gasteiger partial charge in [0, 0.05) is 26.0 Å². The Hall–Kier alpha value is -3.15. The van der Waals surface area contributed by atoms with Gasteiger partial charge < -0.3 is 9.64 Å². The zero-order valence-corrected chi connectivity index (χ0v) is 13.5. The Bertz CT molecular complexity index is 783. The minimum atomic E-state index is 0.509. The molecular weight excluding hydrogens is 302 g/mol. The van der Waals surface area contributed by atoms with E-state index in [9.17, 15) is 0 Å². The van der Waals surface area contributed by atoms with Crippen LogP contribution in [0.25, 0.3) is 5.82 Å². The summed E-state index contributed by atoms with van der Waals surface area (Å²) in [5.41, 5.74) is 1.16. The summed E-state index contributed by atoms with van der Waals surface area (Å²) in [6.07, 6.45) is 8.72. The van der Waals surface area contributed by atoms with Crippen LogP contribution >= 0.6 is 0 Å². The molecule has 0 aliphatic rings. The van der Waals surface area contributed by atoms with Gasteiger partial charge in [0.15, 0.2) is 5.82 Å². The van der Waals surface area contributed by atoms with E-state index in [-0.39, 0.29) is 0 Å². The number of hydrogen-bond acceptors (Lipinski definition) is 5.